The Balaban J connectivity index is 2.43. The number of nitrogens with zero attached hydrogens (tertiary/aromatic N) is 2. The van der Waals surface area contributed by atoms with E-state index in [0.717, 1.165) is 12.6 Å². The number of hydrogen-bond donors (Lipinski definition) is 1. The Morgan fingerprint density at radius 3 is 2.50 bits per heavy atom. The molecule has 0 spiro atoms. The largest absolute Gasteiger partial charge is 0.434 e. The summed E-state index contributed by atoms with van der Waals surface area (Å²) in [5, 5.41) is 6.71. The summed E-state index contributed by atoms with van der Waals surface area (Å²) >= 11 is 5.76. The molecular weight excluding hydrogens is 343 g/mol. The third-order valence-electron chi connectivity index (χ3n) is 3.45. The highest BCUT2D eigenvalue weighted by Crippen LogP contribution is 2.33. The molecule has 0 radical (unpaired) electrons. The second-order valence-corrected chi connectivity index (χ2v) is 5.89. The summed E-state index contributed by atoms with van der Waals surface area (Å²) in [6.45, 7) is 3.68. The van der Waals surface area contributed by atoms with E-state index in [2.05, 4.69) is 10.4 Å². The van der Waals surface area contributed by atoms with Crippen LogP contribution in [-0.2, 0) is 6.18 Å². The zero-order valence-electron chi connectivity index (χ0n) is 13.2. The van der Waals surface area contributed by atoms with Crippen LogP contribution in [0.3, 0.4) is 0 Å². The van der Waals surface area contributed by atoms with E-state index in [1.807, 2.05) is 6.92 Å². The quantitative estimate of drug-likeness (QED) is 0.856. The molecule has 1 amide bonds. The highest BCUT2D eigenvalue weighted by Gasteiger charge is 2.40. The molecule has 0 saturated carbocycles. The Morgan fingerprint density at radius 2 is 1.96 bits per heavy atom. The third-order valence-corrected chi connectivity index (χ3v) is 3.70. The molecule has 2 rings (SSSR count). The molecule has 0 aliphatic rings. The molecule has 1 N–H and O–H groups in total. The number of amides is 1. The third kappa shape index (κ3) is 4.08. The van der Waals surface area contributed by atoms with E-state index in [9.17, 15) is 18.0 Å². The molecule has 1 atom stereocenters. The normalized spacial score (nSPS) is 12.9. The minimum Gasteiger partial charge on any atom is -0.349 e. The van der Waals surface area contributed by atoms with E-state index >= 15 is 0 Å². The molecule has 4 nitrogen and oxygen atoms in total. The van der Waals surface area contributed by atoms with Crippen molar-refractivity contribution in [1.29, 1.82) is 0 Å². The molecule has 24 heavy (non-hydrogen) atoms. The van der Waals surface area contributed by atoms with Gasteiger partial charge in [-0.05, 0) is 37.6 Å². The van der Waals surface area contributed by atoms with Gasteiger partial charge in [0, 0.05) is 11.1 Å². The Hall–Kier alpha value is -2.02. The van der Waals surface area contributed by atoms with Gasteiger partial charge in [-0.25, -0.2) is 4.68 Å². The predicted molar refractivity (Wildman–Crippen MR) is 85.4 cm³/mol. The van der Waals surface area contributed by atoms with Crippen molar-refractivity contribution in [3.63, 3.8) is 0 Å². The van der Waals surface area contributed by atoms with Crippen LogP contribution in [0.5, 0.6) is 0 Å². The zero-order valence-corrected chi connectivity index (χ0v) is 13.9. The van der Waals surface area contributed by atoms with Gasteiger partial charge >= 0.3 is 6.18 Å². The smallest absolute Gasteiger partial charge is 0.349 e. The minimum atomic E-state index is -4.73. The standard InChI is InChI=1S/C16H17ClF3N3O/c1-3-4-10(2)22-15(24)13-9-21-23(14(13)16(18,19)20)12-7-5-11(17)6-8-12/h5-10H,3-4H2,1-2H3,(H,22,24)/t10-/m0/s1. The average Bonchev–Trinajstić information content (AvgIpc) is 2.93. The second kappa shape index (κ2) is 7.25. The van der Waals surface area contributed by atoms with Gasteiger partial charge in [-0.2, -0.15) is 18.3 Å². The SMILES string of the molecule is CCC[C@H](C)NC(=O)c1cnn(-c2ccc(Cl)cc2)c1C(F)(F)F. The zero-order chi connectivity index (χ0) is 17.9. The van der Waals surface area contributed by atoms with Crippen molar-refractivity contribution in [3.8, 4) is 5.69 Å². The van der Waals surface area contributed by atoms with Crippen molar-refractivity contribution >= 4 is 17.5 Å². The van der Waals surface area contributed by atoms with E-state index in [4.69, 9.17) is 11.6 Å². The van der Waals surface area contributed by atoms with Crippen molar-refractivity contribution in [2.75, 3.05) is 0 Å². The molecule has 0 aliphatic heterocycles. The van der Waals surface area contributed by atoms with Crippen LogP contribution in [0.15, 0.2) is 30.5 Å². The van der Waals surface area contributed by atoms with Crippen molar-refractivity contribution in [2.45, 2.75) is 38.9 Å². The molecular formula is C16H17ClF3N3O. The summed E-state index contributed by atoms with van der Waals surface area (Å²) in [6.07, 6.45) is -2.29. The van der Waals surface area contributed by atoms with Crippen molar-refractivity contribution in [1.82, 2.24) is 15.1 Å². The van der Waals surface area contributed by atoms with Crippen LogP contribution in [0.2, 0.25) is 5.02 Å². The maximum atomic E-state index is 13.5. The van der Waals surface area contributed by atoms with Gasteiger partial charge in [-0.1, -0.05) is 24.9 Å². The number of benzene rings is 1. The maximum absolute atomic E-state index is 13.5. The lowest BCUT2D eigenvalue weighted by Gasteiger charge is -2.15. The second-order valence-electron chi connectivity index (χ2n) is 5.46. The number of nitrogens with one attached hydrogen (secondary N) is 1. The van der Waals surface area contributed by atoms with Crippen LogP contribution < -0.4 is 5.32 Å². The Kier molecular flexibility index (Phi) is 5.54. The Morgan fingerprint density at radius 1 is 1.33 bits per heavy atom. The lowest BCUT2D eigenvalue weighted by Crippen LogP contribution is -2.33. The lowest BCUT2D eigenvalue weighted by molar-refractivity contribution is -0.143. The summed E-state index contributed by atoms with van der Waals surface area (Å²) in [7, 11) is 0. The summed E-state index contributed by atoms with van der Waals surface area (Å²) in [6, 6.07) is 5.52. The first-order valence-electron chi connectivity index (χ1n) is 7.46. The number of carbonyl (C=O) groups excluding carboxylic acids is 1. The first-order chi connectivity index (χ1) is 11.2. The van der Waals surface area contributed by atoms with Gasteiger partial charge in [-0.3, -0.25) is 4.79 Å². The van der Waals surface area contributed by atoms with Crippen molar-refractivity contribution in [3.05, 3.63) is 46.7 Å². The number of halogens is 4. The molecule has 0 saturated heterocycles. The fraction of sp³-hybridized carbons (Fsp3) is 0.375. The molecule has 0 aliphatic carbocycles. The van der Waals surface area contributed by atoms with Gasteiger partial charge in [0.2, 0.25) is 0 Å². The number of aromatic nitrogens is 2. The van der Waals surface area contributed by atoms with E-state index in [1.165, 1.54) is 24.3 Å². The van der Waals surface area contributed by atoms with Gasteiger partial charge in [-0.15, -0.1) is 0 Å². The molecule has 0 fully saturated rings. The van der Waals surface area contributed by atoms with Gasteiger partial charge in [0.15, 0.2) is 5.69 Å². The summed E-state index contributed by atoms with van der Waals surface area (Å²) in [5.74, 6) is -0.788. The van der Waals surface area contributed by atoms with E-state index in [-0.39, 0.29) is 11.7 Å². The number of rotatable bonds is 5. The Bertz CT molecular complexity index is 710. The minimum absolute atomic E-state index is 0.174. The van der Waals surface area contributed by atoms with Crippen LogP contribution in [0.4, 0.5) is 13.2 Å². The van der Waals surface area contributed by atoms with Crippen molar-refractivity contribution in [2.24, 2.45) is 0 Å². The highest BCUT2D eigenvalue weighted by atomic mass is 35.5. The summed E-state index contributed by atoms with van der Waals surface area (Å²) in [5.41, 5.74) is -1.43. The first kappa shape index (κ1) is 18.3. The van der Waals surface area contributed by atoms with Crippen LogP contribution >= 0.6 is 11.6 Å². The lowest BCUT2D eigenvalue weighted by atomic mass is 10.1. The van der Waals surface area contributed by atoms with Crippen LogP contribution in [0.25, 0.3) is 5.69 Å². The molecule has 2 aromatic rings. The molecule has 1 heterocycles. The van der Waals surface area contributed by atoms with E-state index in [0.29, 0.717) is 16.1 Å². The molecule has 0 bridgehead atoms. The summed E-state index contributed by atoms with van der Waals surface area (Å²) in [4.78, 5) is 12.2. The highest BCUT2D eigenvalue weighted by molar-refractivity contribution is 6.30. The molecule has 1 aromatic carbocycles. The van der Waals surface area contributed by atoms with Crippen LogP contribution in [0, 0.1) is 0 Å². The van der Waals surface area contributed by atoms with Crippen molar-refractivity contribution < 1.29 is 18.0 Å². The Labute approximate surface area is 142 Å². The first-order valence-corrected chi connectivity index (χ1v) is 7.83. The number of alkyl halides is 3. The van der Waals surface area contributed by atoms with Crippen LogP contribution in [-0.4, -0.2) is 21.7 Å². The van der Waals surface area contributed by atoms with Gasteiger partial charge in [0.05, 0.1) is 17.4 Å². The molecule has 1 aromatic heterocycles. The fourth-order valence-corrected chi connectivity index (χ4v) is 2.50. The van der Waals surface area contributed by atoms with Crippen LogP contribution in [0.1, 0.15) is 42.7 Å². The molecule has 0 unspecified atom stereocenters. The topological polar surface area (TPSA) is 46.9 Å². The van der Waals surface area contributed by atoms with Gasteiger partial charge in [0.25, 0.3) is 5.91 Å². The number of hydrogen-bond acceptors (Lipinski definition) is 2. The van der Waals surface area contributed by atoms with E-state index < -0.39 is 23.3 Å². The van der Waals surface area contributed by atoms with Gasteiger partial charge in [0.1, 0.15) is 0 Å². The fourth-order valence-electron chi connectivity index (χ4n) is 2.37. The average molecular weight is 360 g/mol. The predicted octanol–water partition coefficient (Wildman–Crippen LogP) is 4.46. The monoisotopic (exact) mass is 359 g/mol. The van der Waals surface area contributed by atoms with E-state index in [1.54, 1.807) is 6.92 Å². The molecule has 8 heteroatoms. The molecule has 130 valence electrons. The number of carbonyl (C=O) groups is 1. The summed E-state index contributed by atoms with van der Waals surface area (Å²) < 4.78 is 41.2. The maximum Gasteiger partial charge on any atom is 0.434 e. The van der Waals surface area contributed by atoms with Gasteiger partial charge < -0.3 is 5.32 Å².